The topological polar surface area (TPSA) is 98.6 Å². The number of rotatable bonds is 6. The Morgan fingerprint density at radius 1 is 1.06 bits per heavy atom. The Kier molecular flexibility index (Phi) is 6.24. The summed E-state index contributed by atoms with van der Waals surface area (Å²) in [5.41, 5.74) is 2.43. The van der Waals surface area contributed by atoms with Crippen LogP contribution in [0, 0.1) is 5.92 Å². The molecule has 2 aromatic carbocycles. The van der Waals surface area contributed by atoms with Crippen LogP contribution in [0.4, 0.5) is 5.69 Å². The van der Waals surface area contributed by atoms with Gasteiger partial charge in [-0.05, 0) is 36.6 Å². The highest BCUT2D eigenvalue weighted by Crippen LogP contribution is 2.34. The molecule has 2 amide bonds. The molecule has 0 spiro atoms. The second kappa shape index (κ2) is 9.78. The summed E-state index contributed by atoms with van der Waals surface area (Å²) in [6.45, 7) is 1.88. The van der Waals surface area contributed by atoms with Crippen molar-refractivity contribution in [3.63, 3.8) is 0 Å². The molecule has 5 rings (SSSR count). The first-order valence-corrected chi connectivity index (χ1v) is 11.3. The molecule has 3 aromatic rings. The van der Waals surface area contributed by atoms with Gasteiger partial charge in [0, 0.05) is 36.8 Å². The van der Waals surface area contributed by atoms with E-state index in [1.165, 1.54) is 6.08 Å². The number of piperidine rings is 1. The number of carbonyl (C=O) groups is 2. The molecule has 1 aromatic heterocycles. The fraction of sp³-hybridized carbons (Fsp3) is 0.280. The Labute approximate surface area is 197 Å². The van der Waals surface area contributed by atoms with E-state index in [4.69, 9.17) is 9.47 Å². The fourth-order valence-electron chi connectivity index (χ4n) is 4.08. The molecule has 0 radical (unpaired) electrons. The lowest BCUT2D eigenvalue weighted by Gasteiger charge is -2.30. The molecular formula is C25H25N5O4. The first-order valence-electron chi connectivity index (χ1n) is 11.3. The number of amides is 2. The number of nitrogens with zero attached hydrogens (tertiary/aromatic N) is 4. The van der Waals surface area contributed by atoms with Gasteiger partial charge in [0.1, 0.15) is 5.69 Å². The molecule has 9 nitrogen and oxygen atoms in total. The SMILES string of the molecule is O=C(Nc1ccc2c(c1)OCO2)C1CCN(C(=O)/C=C/c2cn(Cc3ccccc3)nn2)CC1. The maximum absolute atomic E-state index is 12.7. The van der Waals surface area contributed by atoms with Crippen LogP contribution in [0.1, 0.15) is 24.1 Å². The lowest BCUT2D eigenvalue weighted by Crippen LogP contribution is -2.40. The van der Waals surface area contributed by atoms with Gasteiger partial charge < -0.3 is 19.7 Å². The maximum atomic E-state index is 12.7. The number of anilines is 1. The van der Waals surface area contributed by atoms with Crippen LogP contribution < -0.4 is 14.8 Å². The van der Waals surface area contributed by atoms with Crippen molar-refractivity contribution in [1.82, 2.24) is 19.9 Å². The van der Waals surface area contributed by atoms with Gasteiger partial charge in [0.25, 0.3) is 0 Å². The van der Waals surface area contributed by atoms with Crippen LogP contribution in [0.25, 0.3) is 6.08 Å². The van der Waals surface area contributed by atoms with Gasteiger partial charge in [0.15, 0.2) is 11.5 Å². The molecule has 0 unspecified atom stereocenters. The number of benzene rings is 2. The Hall–Kier alpha value is -4.14. The Morgan fingerprint density at radius 2 is 1.85 bits per heavy atom. The maximum Gasteiger partial charge on any atom is 0.246 e. The number of nitrogens with one attached hydrogen (secondary N) is 1. The molecule has 1 N–H and O–H groups in total. The van der Waals surface area contributed by atoms with Crippen LogP contribution in [0.15, 0.2) is 60.8 Å². The Morgan fingerprint density at radius 3 is 2.68 bits per heavy atom. The van der Waals surface area contributed by atoms with E-state index in [1.54, 1.807) is 33.9 Å². The van der Waals surface area contributed by atoms with Crippen molar-refractivity contribution in [2.24, 2.45) is 5.92 Å². The van der Waals surface area contributed by atoms with Gasteiger partial charge in [-0.3, -0.25) is 9.59 Å². The predicted molar refractivity (Wildman–Crippen MR) is 125 cm³/mol. The minimum absolute atomic E-state index is 0.0449. The van der Waals surface area contributed by atoms with Crippen LogP contribution in [0.3, 0.4) is 0 Å². The summed E-state index contributed by atoms with van der Waals surface area (Å²) >= 11 is 0. The van der Waals surface area contributed by atoms with E-state index in [-0.39, 0.29) is 24.5 Å². The van der Waals surface area contributed by atoms with Crippen molar-refractivity contribution in [3.8, 4) is 11.5 Å². The summed E-state index contributed by atoms with van der Waals surface area (Å²) in [4.78, 5) is 27.0. The van der Waals surface area contributed by atoms with Crippen LogP contribution in [-0.2, 0) is 16.1 Å². The number of carbonyl (C=O) groups excluding carboxylic acids is 2. The molecular weight excluding hydrogens is 434 g/mol. The standard InChI is InChI=1S/C25H25N5O4/c31-24(9-7-21-16-30(28-27-21)15-18-4-2-1-3-5-18)29-12-10-19(11-13-29)25(32)26-20-6-8-22-23(14-20)34-17-33-22/h1-9,14,16,19H,10-13,15,17H2,(H,26,32)/b9-7+. The smallest absolute Gasteiger partial charge is 0.246 e. The number of fused-ring (bicyclic) bond motifs is 1. The van der Waals surface area contributed by atoms with Crippen molar-refractivity contribution >= 4 is 23.6 Å². The zero-order valence-electron chi connectivity index (χ0n) is 18.6. The van der Waals surface area contributed by atoms with E-state index in [0.29, 0.717) is 55.4 Å². The summed E-state index contributed by atoms with van der Waals surface area (Å²) in [5, 5.41) is 11.2. The van der Waals surface area contributed by atoms with Crippen molar-refractivity contribution in [2.45, 2.75) is 19.4 Å². The normalized spacial score (nSPS) is 15.6. The van der Waals surface area contributed by atoms with Crippen molar-refractivity contribution in [2.75, 3.05) is 25.2 Å². The molecule has 0 aliphatic carbocycles. The first-order chi connectivity index (χ1) is 16.6. The molecule has 2 aliphatic heterocycles. The minimum atomic E-state index is -0.142. The highest BCUT2D eigenvalue weighted by Gasteiger charge is 2.27. The van der Waals surface area contributed by atoms with Crippen LogP contribution in [-0.4, -0.2) is 51.6 Å². The number of ether oxygens (including phenoxy) is 2. The van der Waals surface area contributed by atoms with Gasteiger partial charge in [-0.1, -0.05) is 35.5 Å². The number of likely N-dealkylation sites (tertiary alicyclic amines) is 1. The van der Waals surface area contributed by atoms with Gasteiger partial charge in [-0.15, -0.1) is 5.10 Å². The summed E-state index contributed by atoms with van der Waals surface area (Å²) in [6.07, 6.45) is 6.23. The first kappa shape index (κ1) is 21.7. The highest BCUT2D eigenvalue weighted by molar-refractivity contribution is 5.94. The van der Waals surface area contributed by atoms with E-state index in [0.717, 1.165) is 5.56 Å². The van der Waals surface area contributed by atoms with E-state index in [1.807, 2.05) is 36.5 Å². The monoisotopic (exact) mass is 459 g/mol. The fourth-order valence-corrected chi connectivity index (χ4v) is 4.08. The Balaban J connectivity index is 1.10. The van der Waals surface area contributed by atoms with Gasteiger partial charge in [0.2, 0.25) is 18.6 Å². The molecule has 1 fully saturated rings. The lowest BCUT2D eigenvalue weighted by atomic mass is 9.95. The average Bonchev–Trinajstić information content (AvgIpc) is 3.52. The third kappa shape index (κ3) is 5.09. The summed E-state index contributed by atoms with van der Waals surface area (Å²) < 4.78 is 12.4. The molecule has 1 saturated heterocycles. The molecule has 9 heteroatoms. The second-order valence-electron chi connectivity index (χ2n) is 8.32. The van der Waals surface area contributed by atoms with Crippen molar-refractivity contribution in [1.29, 1.82) is 0 Å². The van der Waals surface area contributed by atoms with Crippen molar-refractivity contribution < 1.29 is 19.1 Å². The molecule has 0 saturated carbocycles. The van der Waals surface area contributed by atoms with E-state index < -0.39 is 0 Å². The molecule has 34 heavy (non-hydrogen) atoms. The molecule has 3 heterocycles. The lowest BCUT2D eigenvalue weighted by molar-refractivity contribution is -0.130. The highest BCUT2D eigenvalue weighted by atomic mass is 16.7. The van der Waals surface area contributed by atoms with E-state index >= 15 is 0 Å². The van der Waals surface area contributed by atoms with E-state index in [2.05, 4.69) is 15.6 Å². The second-order valence-corrected chi connectivity index (χ2v) is 8.32. The van der Waals surface area contributed by atoms with Gasteiger partial charge in [-0.25, -0.2) is 4.68 Å². The predicted octanol–water partition coefficient (Wildman–Crippen LogP) is 2.95. The minimum Gasteiger partial charge on any atom is -0.454 e. The van der Waals surface area contributed by atoms with E-state index in [9.17, 15) is 9.59 Å². The van der Waals surface area contributed by atoms with Gasteiger partial charge in [0.05, 0.1) is 12.7 Å². The summed E-state index contributed by atoms with van der Waals surface area (Å²) in [7, 11) is 0. The molecule has 0 atom stereocenters. The summed E-state index contributed by atoms with van der Waals surface area (Å²) in [5.74, 6) is 1.03. The molecule has 174 valence electrons. The molecule has 0 bridgehead atoms. The Bertz CT molecular complexity index is 1200. The zero-order valence-corrected chi connectivity index (χ0v) is 18.6. The summed E-state index contributed by atoms with van der Waals surface area (Å²) in [6, 6.07) is 15.3. The van der Waals surface area contributed by atoms with Crippen LogP contribution in [0.2, 0.25) is 0 Å². The third-order valence-electron chi connectivity index (χ3n) is 5.96. The average molecular weight is 460 g/mol. The van der Waals surface area contributed by atoms with Gasteiger partial charge >= 0.3 is 0 Å². The third-order valence-corrected chi connectivity index (χ3v) is 5.96. The quantitative estimate of drug-likeness (QED) is 0.569. The number of hydrogen-bond acceptors (Lipinski definition) is 6. The van der Waals surface area contributed by atoms with Crippen LogP contribution in [0.5, 0.6) is 11.5 Å². The molecule has 2 aliphatic rings. The number of aromatic nitrogens is 3. The van der Waals surface area contributed by atoms with Gasteiger partial charge in [-0.2, -0.15) is 0 Å². The van der Waals surface area contributed by atoms with Crippen LogP contribution >= 0.6 is 0 Å². The largest absolute Gasteiger partial charge is 0.454 e. The number of hydrogen-bond donors (Lipinski definition) is 1. The zero-order chi connectivity index (χ0) is 23.3. The van der Waals surface area contributed by atoms with Crippen molar-refractivity contribution in [3.05, 3.63) is 72.1 Å².